The average molecular weight is 387 g/mol. The Morgan fingerprint density at radius 2 is 1.86 bits per heavy atom. The summed E-state index contributed by atoms with van der Waals surface area (Å²) in [5.41, 5.74) is 0.806. The van der Waals surface area contributed by atoms with E-state index in [1.54, 1.807) is 18.0 Å². The maximum atomic E-state index is 12.3. The summed E-state index contributed by atoms with van der Waals surface area (Å²) in [7, 11) is 1.80. The second kappa shape index (κ2) is 9.62. The molecule has 1 aromatic carbocycles. The Morgan fingerprint density at radius 3 is 2.61 bits per heavy atom. The average Bonchev–Trinajstić information content (AvgIpc) is 2.95. The van der Waals surface area contributed by atoms with Gasteiger partial charge in [0.25, 0.3) is 5.91 Å². The highest BCUT2D eigenvalue weighted by Gasteiger charge is 2.25. The van der Waals surface area contributed by atoms with Crippen LogP contribution in [0.15, 0.2) is 24.3 Å². The van der Waals surface area contributed by atoms with Gasteiger partial charge < -0.3 is 19.1 Å². The molecule has 1 aliphatic carbocycles. The molecule has 152 valence electrons. The highest BCUT2D eigenvalue weighted by molar-refractivity contribution is 5.89. The summed E-state index contributed by atoms with van der Waals surface area (Å²) in [6, 6.07) is 5.75. The molecule has 1 saturated carbocycles. The molecule has 28 heavy (non-hydrogen) atoms. The largest absolute Gasteiger partial charge is 0.490 e. The molecule has 1 aromatic rings. The number of amides is 1. The predicted molar refractivity (Wildman–Crippen MR) is 106 cm³/mol. The third-order valence-corrected chi connectivity index (χ3v) is 5.45. The van der Waals surface area contributed by atoms with E-state index in [0.717, 1.165) is 43.6 Å². The zero-order valence-corrected chi connectivity index (χ0v) is 16.7. The second-order valence-corrected chi connectivity index (χ2v) is 7.62. The van der Waals surface area contributed by atoms with Crippen LogP contribution in [0.1, 0.15) is 44.6 Å². The first-order valence-corrected chi connectivity index (χ1v) is 10.0. The second-order valence-electron chi connectivity index (χ2n) is 7.62. The van der Waals surface area contributed by atoms with Gasteiger partial charge in [-0.25, -0.2) is 4.79 Å². The number of ether oxygens (including phenoxy) is 3. The summed E-state index contributed by atoms with van der Waals surface area (Å²) in [4.78, 5) is 26.0. The van der Waals surface area contributed by atoms with Crippen molar-refractivity contribution in [2.45, 2.75) is 45.1 Å². The van der Waals surface area contributed by atoms with Gasteiger partial charge in [-0.15, -0.1) is 0 Å². The van der Waals surface area contributed by atoms with E-state index in [9.17, 15) is 9.59 Å². The van der Waals surface area contributed by atoms with Gasteiger partial charge in [0.2, 0.25) is 0 Å². The minimum Gasteiger partial charge on any atom is -0.490 e. The lowest BCUT2D eigenvalue weighted by atomic mass is 9.87. The van der Waals surface area contributed by atoms with E-state index in [1.807, 2.05) is 18.2 Å². The first kappa shape index (κ1) is 20.2. The highest BCUT2D eigenvalue weighted by Crippen LogP contribution is 2.30. The first-order valence-electron chi connectivity index (χ1n) is 10.0. The fraction of sp³-hybridized carbons (Fsp3) is 0.545. The fourth-order valence-corrected chi connectivity index (χ4v) is 3.56. The molecule has 1 aliphatic heterocycles. The SMILES string of the molecule is CC1CCC(N(C)C(=O)COC(=O)/C=C/c2ccc3c(c2)OCCCO3)CC1. The first-order chi connectivity index (χ1) is 13.5. The van der Waals surface area contributed by atoms with Crippen molar-refractivity contribution < 1.29 is 23.8 Å². The van der Waals surface area contributed by atoms with E-state index >= 15 is 0 Å². The lowest BCUT2D eigenvalue weighted by molar-refractivity contribution is -0.148. The topological polar surface area (TPSA) is 65.1 Å². The zero-order valence-electron chi connectivity index (χ0n) is 16.7. The van der Waals surface area contributed by atoms with Crippen molar-refractivity contribution in [3.8, 4) is 11.5 Å². The quantitative estimate of drug-likeness (QED) is 0.572. The lowest BCUT2D eigenvalue weighted by Gasteiger charge is -2.33. The van der Waals surface area contributed by atoms with Crippen molar-refractivity contribution in [2.75, 3.05) is 26.9 Å². The third-order valence-electron chi connectivity index (χ3n) is 5.45. The van der Waals surface area contributed by atoms with Crippen LogP contribution < -0.4 is 9.47 Å². The summed E-state index contributed by atoms with van der Waals surface area (Å²) in [6.45, 7) is 3.26. The van der Waals surface area contributed by atoms with Crippen LogP contribution in [-0.4, -0.2) is 49.7 Å². The minimum absolute atomic E-state index is 0.156. The lowest BCUT2D eigenvalue weighted by Crippen LogP contribution is -2.41. The number of carbonyl (C=O) groups excluding carboxylic acids is 2. The van der Waals surface area contributed by atoms with Gasteiger partial charge in [0.05, 0.1) is 13.2 Å². The zero-order chi connectivity index (χ0) is 19.9. The van der Waals surface area contributed by atoms with Crippen LogP contribution in [0.4, 0.5) is 0 Å². The summed E-state index contributed by atoms with van der Waals surface area (Å²) < 4.78 is 16.3. The maximum Gasteiger partial charge on any atom is 0.331 e. The number of likely N-dealkylation sites (N-methyl/N-ethyl adjacent to an activating group) is 1. The third kappa shape index (κ3) is 5.50. The number of hydrogen-bond donors (Lipinski definition) is 0. The van der Waals surface area contributed by atoms with Gasteiger partial charge in [0, 0.05) is 25.6 Å². The van der Waals surface area contributed by atoms with E-state index in [-0.39, 0.29) is 18.6 Å². The number of nitrogens with zero attached hydrogens (tertiary/aromatic N) is 1. The van der Waals surface area contributed by atoms with Crippen LogP contribution in [0, 0.1) is 5.92 Å². The molecule has 6 heteroatoms. The molecule has 0 spiro atoms. The van der Waals surface area contributed by atoms with Crippen molar-refractivity contribution in [3.05, 3.63) is 29.8 Å². The van der Waals surface area contributed by atoms with Crippen LogP contribution in [0.5, 0.6) is 11.5 Å². The Labute approximate surface area is 166 Å². The summed E-state index contributed by atoms with van der Waals surface area (Å²) in [5.74, 6) is 1.42. The van der Waals surface area contributed by atoms with Crippen LogP contribution >= 0.6 is 0 Å². The van der Waals surface area contributed by atoms with Gasteiger partial charge in [0.15, 0.2) is 18.1 Å². The van der Waals surface area contributed by atoms with Crippen LogP contribution in [0.25, 0.3) is 6.08 Å². The maximum absolute atomic E-state index is 12.3. The van der Waals surface area contributed by atoms with Crippen molar-refractivity contribution in [2.24, 2.45) is 5.92 Å². The predicted octanol–water partition coefficient (Wildman–Crippen LogP) is 3.44. The molecule has 2 aliphatic rings. The van der Waals surface area contributed by atoms with Crippen LogP contribution in [0.3, 0.4) is 0 Å². The Kier molecular flexibility index (Phi) is 6.95. The Balaban J connectivity index is 1.47. The monoisotopic (exact) mass is 387 g/mol. The molecule has 0 radical (unpaired) electrons. The summed E-state index contributed by atoms with van der Waals surface area (Å²) in [6.07, 6.45) is 8.13. The Hall–Kier alpha value is -2.50. The molecule has 1 heterocycles. The minimum atomic E-state index is -0.536. The molecular weight excluding hydrogens is 358 g/mol. The molecule has 1 fully saturated rings. The van der Waals surface area contributed by atoms with Gasteiger partial charge in [0.1, 0.15) is 0 Å². The van der Waals surface area contributed by atoms with Crippen LogP contribution in [-0.2, 0) is 14.3 Å². The van der Waals surface area contributed by atoms with E-state index in [2.05, 4.69) is 6.92 Å². The van der Waals surface area contributed by atoms with Crippen molar-refractivity contribution in [1.29, 1.82) is 0 Å². The van der Waals surface area contributed by atoms with Gasteiger partial charge in [-0.05, 0) is 55.4 Å². The number of hydrogen-bond acceptors (Lipinski definition) is 5. The van der Waals surface area contributed by atoms with Crippen molar-refractivity contribution in [1.82, 2.24) is 4.90 Å². The van der Waals surface area contributed by atoms with Crippen molar-refractivity contribution in [3.63, 3.8) is 0 Å². The molecular formula is C22H29NO5. The Bertz CT molecular complexity index is 722. The van der Waals surface area contributed by atoms with E-state index in [4.69, 9.17) is 14.2 Å². The molecule has 0 saturated heterocycles. The van der Waals surface area contributed by atoms with Crippen LogP contribution in [0.2, 0.25) is 0 Å². The van der Waals surface area contributed by atoms with E-state index < -0.39 is 5.97 Å². The van der Waals surface area contributed by atoms with E-state index in [1.165, 1.54) is 6.08 Å². The van der Waals surface area contributed by atoms with Gasteiger partial charge in [-0.2, -0.15) is 0 Å². The van der Waals surface area contributed by atoms with Gasteiger partial charge in [-0.1, -0.05) is 13.0 Å². The standard InChI is InChI=1S/C22H29NO5/c1-16-4-8-18(9-5-16)23(2)21(24)15-28-22(25)11-7-17-6-10-19-20(14-17)27-13-3-12-26-19/h6-7,10-11,14,16,18H,3-5,8-9,12-13,15H2,1-2H3/b11-7+. The summed E-state index contributed by atoms with van der Waals surface area (Å²) >= 11 is 0. The Morgan fingerprint density at radius 1 is 1.14 bits per heavy atom. The molecule has 0 aromatic heterocycles. The molecule has 0 unspecified atom stereocenters. The smallest absolute Gasteiger partial charge is 0.331 e. The van der Waals surface area contributed by atoms with E-state index in [0.29, 0.717) is 24.7 Å². The number of fused-ring (bicyclic) bond motifs is 1. The molecule has 1 amide bonds. The summed E-state index contributed by atoms with van der Waals surface area (Å²) in [5, 5.41) is 0. The molecule has 0 bridgehead atoms. The highest BCUT2D eigenvalue weighted by atomic mass is 16.5. The molecule has 0 N–H and O–H groups in total. The number of rotatable bonds is 5. The molecule has 0 atom stereocenters. The molecule has 6 nitrogen and oxygen atoms in total. The normalized spacial score (nSPS) is 21.8. The van der Waals surface area contributed by atoms with Gasteiger partial charge in [-0.3, -0.25) is 4.79 Å². The van der Waals surface area contributed by atoms with Gasteiger partial charge >= 0.3 is 5.97 Å². The molecule has 3 rings (SSSR count). The number of carbonyl (C=O) groups is 2. The van der Waals surface area contributed by atoms with Crippen molar-refractivity contribution >= 4 is 18.0 Å². The number of benzene rings is 1. The fourth-order valence-electron chi connectivity index (χ4n) is 3.56. The number of esters is 1.